The molecule has 0 saturated carbocycles. The Bertz CT molecular complexity index is 916. The van der Waals surface area contributed by atoms with Gasteiger partial charge in [-0.2, -0.15) is 0 Å². The summed E-state index contributed by atoms with van der Waals surface area (Å²) in [6, 6.07) is 21.2. The van der Waals surface area contributed by atoms with Crippen molar-refractivity contribution in [3.8, 4) is 11.5 Å². The van der Waals surface area contributed by atoms with Crippen molar-refractivity contribution in [3.05, 3.63) is 95.1 Å². The molecule has 0 unspecified atom stereocenters. The predicted octanol–water partition coefficient (Wildman–Crippen LogP) is 5.40. The van der Waals surface area contributed by atoms with E-state index in [1.165, 1.54) is 6.07 Å². The summed E-state index contributed by atoms with van der Waals surface area (Å²) < 4.78 is 5.72. The summed E-state index contributed by atoms with van der Waals surface area (Å²) in [7, 11) is 0. The molecule has 0 N–H and O–H groups in total. The molecule has 0 radical (unpaired) electrons. The van der Waals surface area contributed by atoms with Gasteiger partial charge in [-0.3, -0.25) is 9.59 Å². The third-order valence-corrected chi connectivity index (χ3v) is 4.02. The van der Waals surface area contributed by atoms with Crippen molar-refractivity contribution in [2.45, 2.75) is 6.92 Å². The maximum Gasteiger partial charge on any atom is 0.252 e. The SMILES string of the molecule is Cc1ccc(C(=O)Cl)cc1C(=O)c1ccc(Oc2ccccc2)cc1. The first kappa shape index (κ1) is 16.9. The molecule has 4 heteroatoms. The van der Waals surface area contributed by atoms with Gasteiger partial charge in [0, 0.05) is 16.7 Å². The van der Waals surface area contributed by atoms with Gasteiger partial charge in [-0.25, -0.2) is 0 Å². The number of halogens is 1. The van der Waals surface area contributed by atoms with Gasteiger partial charge in [0.2, 0.25) is 0 Å². The smallest absolute Gasteiger partial charge is 0.252 e. The molecule has 3 aromatic carbocycles. The van der Waals surface area contributed by atoms with E-state index in [-0.39, 0.29) is 5.78 Å². The van der Waals surface area contributed by atoms with E-state index in [9.17, 15) is 9.59 Å². The number of carbonyl (C=O) groups excluding carboxylic acids is 2. The molecule has 0 amide bonds. The summed E-state index contributed by atoms with van der Waals surface area (Å²) in [6.07, 6.45) is 0. The molecular formula is C21H15ClO3. The van der Waals surface area contributed by atoms with Crippen LogP contribution in [0, 0.1) is 6.92 Å². The number of aryl methyl sites for hydroxylation is 1. The topological polar surface area (TPSA) is 43.4 Å². The van der Waals surface area contributed by atoms with E-state index in [1.807, 2.05) is 37.3 Å². The lowest BCUT2D eigenvalue weighted by molar-refractivity contribution is 0.103. The first-order valence-corrected chi connectivity index (χ1v) is 8.10. The fourth-order valence-electron chi connectivity index (χ4n) is 2.44. The quantitative estimate of drug-likeness (QED) is 0.457. The fraction of sp³-hybridized carbons (Fsp3) is 0.0476. The molecule has 0 aliphatic carbocycles. The van der Waals surface area contributed by atoms with Crippen molar-refractivity contribution in [3.63, 3.8) is 0 Å². The van der Waals surface area contributed by atoms with Crippen molar-refractivity contribution < 1.29 is 14.3 Å². The molecular weight excluding hydrogens is 336 g/mol. The highest BCUT2D eigenvalue weighted by molar-refractivity contribution is 6.67. The summed E-state index contributed by atoms with van der Waals surface area (Å²) in [5.74, 6) is 1.21. The van der Waals surface area contributed by atoms with Crippen LogP contribution in [0.1, 0.15) is 31.8 Å². The minimum Gasteiger partial charge on any atom is -0.457 e. The lowest BCUT2D eigenvalue weighted by atomic mass is 9.97. The molecule has 0 fully saturated rings. The lowest BCUT2D eigenvalue weighted by Crippen LogP contribution is -2.05. The predicted molar refractivity (Wildman–Crippen MR) is 97.8 cm³/mol. The van der Waals surface area contributed by atoms with Gasteiger partial charge in [-0.05, 0) is 72.6 Å². The zero-order chi connectivity index (χ0) is 17.8. The molecule has 3 aromatic rings. The number of ether oxygens (including phenoxy) is 1. The Kier molecular flexibility index (Phi) is 4.96. The second-order valence-corrected chi connectivity index (χ2v) is 5.92. The Morgan fingerprint density at radius 1 is 0.800 bits per heavy atom. The number of para-hydroxylation sites is 1. The molecule has 3 nitrogen and oxygen atoms in total. The summed E-state index contributed by atoms with van der Waals surface area (Å²) in [5.41, 5.74) is 2.07. The molecule has 0 atom stereocenters. The van der Waals surface area contributed by atoms with Gasteiger partial charge in [0.25, 0.3) is 5.24 Å². The van der Waals surface area contributed by atoms with Crippen LogP contribution in [-0.4, -0.2) is 11.0 Å². The van der Waals surface area contributed by atoms with Gasteiger partial charge in [-0.15, -0.1) is 0 Å². The minimum atomic E-state index is -0.583. The van der Waals surface area contributed by atoms with Crippen LogP contribution in [0.4, 0.5) is 0 Å². The van der Waals surface area contributed by atoms with E-state index in [4.69, 9.17) is 16.3 Å². The number of carbonyl (C=O) groups is 2. The Hall–Kier alpha value is -2.91. The van der Waals surface area contributed by atoms with Crippen molar-refractivity contribution >= 4 is 22.6 Å². The van der Waals surface area contributed by atoms with Crippen LogP contribution in [0.15, 0.2) is 72.8 Å². The van der Waals surface area contributed by atoms with Crippen LogP contribution >= 0.6 is 11.6 Å². The van der Waals surface area contributed by atoms with Crippen molar-refractivity contribution in [1.82, 2.24) is 0 Å². The molecule has 0 saturated heterocycles. The highest BCUT2D eigenvalue weighted by Crippen LogP contribution is 2.23. The summed E-state index contributed by atoms with van der Waals surface area (Å²) >= 11 is 5.51. The molecule has 0 aliphatic heterocycles. The highest BCUT2D eigenvalue weighted by Gasteiger charge is 2.14. The number of hydrogen-bond donors (Lipinski definition) is 0. The highest BCUT2D eigenvalue weighted by atomic mass is 35.5. The van der Waals surface area contributed by atoms with Gasteiger partial charge in [-0.1, -0.05) is 24.3 Å². The average Bonchev–Trinajstić information content (AvgIpc) is 2.63. The molecule has 0 aliphatic rings. The first-order valence-electron chi connectivity index (χ1n) is 7.73. The van der Waals surface area contributed by atoms with Crippen LogP contribution in [-0.2, 0) is 0 Å². The van der Waals surface area contributed by atoms with Gasteiger partial charge in [0.1, 0.15) is 11.5 Å². The Balaban J connectivity index is 1.84. The van der Waals surface area contributed by atoms with Crippen LogP contribution in [0.3, 0.4) is 0 Å². The fourth-order valence-corrected chi connectivity index (χ4v) is 2.56. The number of ketones is 1. The normalized spacial score (nSPS) is 10.3. The van der Waals surface area contributed by atoms with Crippen LogP contribution in [0.25, 0.3) is 0 Å². The van der Waals surface area contributed by atoms with E-state index >= 15 is 0 Å². The first-order chi connectivity index (χ1) is 12.0. The average molecular weight is 351 g/mol. The zero-order valence-electron chi connectivity index (χ0n) is 13.5. The Morgan fingerprint density at radius 2 is 1.40 bits per heavy atom. The lowest BCUT2D eigenvalue weighted by Gasteiger charge is -2.08. The second-order valence-electron chi connectivity index (χ2n) is 5.57. The third kappa shape index (κ3) is 3.95. The Morgan fingerprint density at radius 3 is 2.04 bits per heavy atom. The summed E-state index contributed by atoms with van der Waals surface area (Å²) in [4.78, 5) is 24.0. The summed E-state index contributed by atoms with van der Waals surface area (Å²) in [6.45, 7) is 1.82. The zero-order valence-corrected chi connectivity index (χ0v) is 14.3. The van der Waals surface area contributed by atoms with Crippen LogP contribution in [0.5, 0.6) is 11.5 Å². The molecule has 0 spiro atoms. The maximum absolute atomic E-state index is 12.7. The van der Waals surface area contributed by atoms with E-state index in [0.29, 0.717) is 22.4 Å². The van der Waals surface area contributed by atoms with Gasteiger partial charge in [0.05, 0.1) is 0 Å². The van der Waals surface area contributed by atoms with Crippen molar-refractivity contribution in [2.24, 2.45) is 0 Å². The van der Waals surface area contributed by atoms with Gasteiger partial charge in [0.15, 0.2) is 5.78 Å². The monoisotopic (exact) mass is 350 g/mol. The molecule has 3 rings (SSSR count). The largest absolute Gasteiger partial charge is 0.457 e. The maximum atomic E-state index is 12.7. The molecule has 124 valence electrons. The molecule has 0 bridgehead atoms. The number of benzene rings is 3. The van der Waals surface area contributed by atoms with Gasteiger partial charge < -0.3 is 4.74 Å². The van der Waals surface area contributed by atoms with Crippen molar-refractivity contribution in [1.29, 1.82) is 0 Å². The third-order valence-electron chi connectivity index (χ3n) is 3.80. The number of rotatable bonds is 5. The Labute approximate surface area is 150 Å². The van der Waals surface area contributed by atoms with E-state index in [2.05, 4.69) is 0 Å². The summed E-state index contributed by atoms with van der Waals surface area (Å²) in [5, 5.41) is -0.583. The van der Waals surface area contributed by atoms with E-state index in [1.54, 1.807) is 36.4 Å². The van der Waals surface area contributed by atoms with Crippen LogP contribution < -0.4 is 4.74 Å². The van der Waals surface area contributed by atoms with Crippen LogP contribution in [0.2, 0.25) is 0 Å². The number of hydrogen-bond acceptors (Lipinski definition) is 3. The van der Waals surface area contributed by atoms with Crippen molar-refractivity contribution in [2.75, 3.05) is 0 Å². The molecule has 0 aromatic heterocycles. The molecule has 0 heterocycles. The minimum absolute atomic E-state index is 0.163. The standard InChI is InChI=1S/C21H15ClO3/c1-14-7-8-16(21(22)24)13-19(14)20(23)15-9-11-18(12-10-15)25-17-5-3-2-4-6-17/h2-13H,1H3. The van der Waals surface area contributed by atoms with E-state index < -0.39 is 5.24 Å². The molecule has 25 heavy (non-hydrogen) atoms. The van der Waals surface area contributed by atoms with E-state index in [0.717, 1.165) is 11.3 Å². The second kappa shape index (κ2) is 7.32. The van der Waals surface area contributed by atoms with Gasteiger partial charge >= 0.3 is 0 Å².